The molecule has 1 aliphatic rings. The molecule has 2 rings (SSSR count). The van der Waals surface area contributed by atoms with Crippen LogP contribution in [-0.4, -0.2) is 29.8 Å². The molecule has 1 aromatic carbocycles. The zero-order valence-corrected chi connectivity index (χ0v) is 12.9. The Morgan fingerprint density at radius 1 is 1.10 bits per heavy atom. The number of nitrogens with zero attached hydrogens (tertiary/aromatic N) is 1. The second-order valence-corrected chi connectivity index (χ2v) is 5.94. The largest absolute Gasteiger partial charge is 0.342 e. The first-order valence-corrected chi connectivity index (χ1v) is 7.74. The third-order valence-electron chi connectivity index (χ3n) is 3.88. The molecule has 1 fully saturated rings. The number of hydrogen-bond donors (Lipinski definition) is 1. The van der Waals surface area contributed by atoms with Crippen LogP contribution in [0, 0.1) is 0 Å². The molecule has 0 aliphatic carbocycles. The van der Waals surface area contributed by atoms with Gasteiger partial charge in [-0.25, -0.2) is 0 Å². The summed E-state index contributed by atoms with van der Waals surface area (Å²) in [6.07, 6.45) is 3.21. The fourth-order valence-corrected chi connectivity index (χ4v) is 2.55. The van der Waals surface area contributed by atoms with E-state index in [2.05, 4.69) is 19.2 Å². The molecule has 0 unspecified atom stereocenters. The highest BCUT2D eigenvalue weighted by molar-refractivity contribution is 6.03. The summed E-state index contributed by atoms with van der Waals surface area (Å²) in [5.74, 6) is 0.171. The Morgan fingerprint density at radius 2 is 1.71 bits per heavy atom. The number of carbonyl (C=O) groups excluding carboxylic acids is 2. The lowest BCUT2D eigenvalue weighted by Crippen LogP contribution is -2.37. The zero-order chi connectivity index (χ0) is 15.2. The lowest BCUT2D eigenvalue weighted by Gasteiger charge is -2.26. The van der Waals surface area contributed by atoms with Gasteiger partial charge in [-0.2, -0.15) is 0 Å². The van der Waals surface area contributed by atoms with E-state index in [1.54, 1.807) is 4.90 Å². The van der Waals surface area contributed by atoms with Crippen molar-refractivity contribution in [3.8, 4) is 0 Å². The quantitative estimate of drug-likeness (QED) is 0.865. The summed E-state index contributed by atoms with van der Waals surface area (Å²) in [5.41, 5.74) is 1.98. The summed E-state index contributed by atoms with van der Waals surface area (Å²) in [4.78, 5) is 25.7. The number of nitrogens with one attached hydrogen (secondary N) is 1. The normalized spacial score (nSPS) is 15.1. The molecule has 4 nitrogen and oxygen atoms in total. The second kappa shape index (κ2) is 7.25. The van der Waals surface area contributed by atoms with Crippen molar-refractivity contribution >= 4 is 17.5 Å². The number of amides is 2. The predicted molar refractivity (Wildman–Crippen MR) is 84.2 cm³/mol. The zero-order valence-electron chi connectivity index (χ0n) is 12.9. The van der Waals surface area contributed by atoms with Gasteiger partial charge in [0.1, 0.15) is 6.42 Å². The van der Waals surface area contributed by atoms with Crippen LogP contribution < -0.4 is 5.32 Å². The number of hydrogen-bond acceptors (Lipinski definition) is 2. The van der Waals surface area contributed by atoms with Gasteiger partial charge < -0.3 is 10.2 Å². The highest BCUT2D eigenvalue weighted by Crippen LogP contribution is 2.17. The summed E-state index contributed by atoms with van der Waals surface area (Å²) in [6, 6.07) is 7.79. The molecule has 4 heteroatoms. The van der Waals surface area contributed by atoms with Gasteiger partial charge in [-0.3, -0.25) is 9.59 Å². The Labute approximate surface area is 126 Å². The van der Waals surface area contributed by atoms with E-state index in [-0.39, 0.29) is 18.2 Å². The molecule has 2 amide bonds. The molecule has 0 radical (unpaired) electrons. The summed E-state index contributed by atoms with van der Waals surface area (Å²) in [6.45, 7) is 5.83. The van der Waals surface area contributed by atoms with Crippen LogP contribution in [-0.2, 0) is 9.59 Å². The fraction of sp³-hybridized carbons (Fsp3) is 0.529. The first kappa shape index (κ1) is 15.5. The van der Waals surface area contributed by atoms with Gasteiger partial charge >= 0.3 is 0 Å². The van der Waals surface area contributed by atoms with Gasteiger partial charge in [-0.1, -0.05) is 26.0 Å². The van der Waals surface area contributed by atoms with Gasteiger partial charge in [0.25, 0.3) is 0 Å². The van der Waals surface area contributed by atoms with Gasteiger partial charge in [0.15, 0.2) is 0 Å². The number of likely N-dealkylation sites (tertiary alicyclic amines) is 1. The van der Waals surface area contributed by atoms with Crippen molar-refractivity contribution in [3.05, 3.63) is 29.8 Å². The molecule has 1 heterocycles. The van der Waals surface area contributed by atoms with Crippen molar-refractivity contribution in [2.24, 2.45) is 0 Å². The van der Waals surface area contributed by atoms with E-state index in [0.717, 1.165) is 31.6 Å². The van der Waals surface area contributed by atoms with Gasteiger partial charge in [0, 0.05) is 18.8 Å². The lowest BCUT2D eigenvalue weighted by molar-refractivity contribution is -0.135. The van der Waals surface area contributed by atoms with Crippen molar-refractivity contribution in [2.75, 3.05) is 18.4 Å². The monoisotopic (exact) mass is 288 g/mol. The molecular weight excluding hydrogens is 264 g/mol. The number of carbonyl (C=O) groups is 2. The van der Waals surface area contributed by atoms with Crippen LogP contribution in [0.4, 0.5) is 5.69 Å². The molecule has 1 saturated heterocycles. The van der Waals surface area contributed by atoms with Gasteiger partial charge in [-0.15, -0.1) is 0 Å². The van der Waals surface area contributed by atoms with E-state index in [0.29, 0.717) is 5.92 Å². The van der Waals surface area contributed by atoms with Gasteiger partial charge in [0.2, 0.25) is 11.8 Å². The van der Waals surface area contributed by atoms with Crippen LogP contribution in [0.5, 0.6) is 0 Å². The maximum Gasteiger partial charge on any atom is 0.233 e. The Morgan fingerprint density at radius 3 is 2.29 bits per heavy atom. The van der Waals surface area contributed by atoms with E-state index in [4.69, 9.17) is 0 Å². The summed E-state index contributed by atoms with van der Waals surface area (Å²) in [7, 11) is 0. The Kier molecular flexibility index (Phi) is 5.37. The smallest absolute Gasteiger partial charge is 0.233 e. The third kappa shape index (κ3) is 4.59. The maximum atomic E-state index is 12.0. The standard InChI is InChI=1S/C17H24N2O2/c1-13(2)14-6-8-15(9-7-14)18-16(20)12-17(21)19-10-4-3-5-11-19/h6-9,13H,3-5,10-12H2,1-2H3,(H,18,20). The van der Waals surface area contributed by atoms with Crippen LogP contribution in [0.15, 0.2) is 24.3 Å². The van der Waals surface area contributed by atoms with E-state index < -0.39 is 0 Å². The van der Waals surface area contributed by atoms with Crippen LogP contribution in [0.25, 0.3) is 0 Å². The molecule has 0 bridgehead atoms. The minimum absolute atomic E-state index is 0.0636. The topological polar surface area (TPSA) is 49.4 Å². The molecular formula is C17H24N2O2. The predicted octanol–water partition coefficient (Wildman–Crippen LogP) is 3.15. The minimum atomic E-state index is -0.233. The Hall–Kier alpha value is -1.84. The first-order chi connectivity index (χ1) is 10.1. The number of rotatable bonds is 4. The van der Waals surface area contributed by atoms with E-state index in [1.165, 1.54) is 12.0 Å². The highest BCUT2D eigenvalue weighted by Gasteiger charge is 2.19. The third-order valence-corrected chi connectivity index (χ3v) is 3.88. The molecule has 0 saturated carbocycles. The van der Waals surface area contributed by atoms with Crippen LogP contribution in [0.2, 0.25) is 0 Å². The molecule has 1 N–H and O–H groups in total. The Bertz CT molecular complexity index is 488. The Balaban J connectivity index is 1.84. The highest BCUT2D eigenvalue weighted by atomic mass is 16.2. The summed E-state index contributed by atoms with van der Waals surface area (Å²) in [5, 5.41) is 2.79. The fourth-order valence-electron chi connectivity index (χ4n) is 2.55. The van der Waals surface area contributed by atoms with Crippen LogP contribution in [0.1, 0.15) is 51.0 Å². The molecule has 1 aliphatic heterocycles. The van der Waals surface area contributed by atoms with Crippen molar-refractivity contribution < 1.29 is 9.59 Å². The molecule has 0 atom stereocenters. The SMILES string of the molecule is CC(C)c1ccc(NC(=O)CC(=O)N2CCCCC2)cc1. The molecule has 21 heavy (non-hydrogen) atoms. The van der Waals surface area contributed by atoms with E-state index in [9.17, 15) is 9.59 Å². The molecule has 0 spiro atoms. The van der Waals surface area contributed by atoms with E-state index >= 15 is 0 Å². The van der Waals surface area contributed by atoms with Gasteiger partial charge in [0.05, 0.1) is 0 Å². The average Bonchev–Trinajstić information content (AvgIpc) is 2.48. The van der Waals surface area contributed by atoms with Crippen molar-refractivity contribution in [2.45, 2.75) is 45.4 Å². The second-order valence-electron chi connectivity index (χ2n) is 5.94. The molecule has 114 valence electrons. The molecule has 0 aromatic heterocycles. The van der Waals surface area contributed by atoms with Crippen LogP contribution >= 0.6 is 0 Å². The summed E-state index contributed by atoms with van der Waals surface area (Å²) < 4.78 is 0. The maximum absolute atomic E-state index is 12.0. The lowest BCUT2D eigenvalue weighted by atomic mass is 10.0. The van der Waals surface area contributed by atoms with Crippen molar-refractivity contribution in [1.82, 2.24) is 4.90 Å². The summed E-state index contributed by atoms with van der Waals surface area (Å²) >= 11 is 0. The average molecular weight is 288 g/mol. The number of piperidine rings is 1. The van der Waals surface area contributed by atoms with E-state index in [1.807, 2.05) is 24.3 Å². The van der Waals surface area contributed by atoms with Crippen molar-refractivity contribution in [3.63, 3.8) is 0 Å². The van der Waals surface area contributed by atoms with Crippen LogP contribution in [0.3, 0.4) is 0 Å². The molecule has 1 aromatic rings. The number of anilines is 1. The van der Waals surface area contributed by atoms with Gasteiger partial charge in [-0.05, 0) is 42.9 Å². The first-order valence-electron chi connectivity index (χ1n) is 7.74. The van der Waals surface area contributed by atoms with Crippen molar-refractivity contribution in [1.29, 1.82) is 0 Å². The number of benzene rings is 1. The minimum Gasteiger partial charge on any atom is -0.342 e.